The Balaban J connectivity index is 1.77. The van der Waals surface area contributed by atoms with Crippen LogP contribution in [0.2, 0.25) is 0 Å². The number of ether oxygens (including phenoxy) is 1. The maximum absolute atomic E-state index is 12.1. The molecular weight excluding hydrogens is 316 g/mol. The van der Waals surface area contributed by atoms with Crippen molar-refractivity contribution in [2.45, 2.75) is 13.3 Å². The molecule has 1 aromatic heterocycles. The number of para-hydroxylation sites is 2. The molecule has 3 rings (SSSR count). The number of morpholine rings is 1. The van der Waals surface area contributed by atoms with Gasteiger partial charge in [0.2, 0.25) is 0 Å². The smallest absolute Gasteiger partial charge is 0.269 e. The molecule has 0 radical (unpaired) electrons. The monoisotopic (exact) mass is 340 g/mol. The van der Waals surface area contributed by atoms with Gasteiger partial charge in [0.05, 0.1) is 24.6 Å². The summed E-state index contributed by atoms with van der Waals surface area (Å²) in [4.78, 5) is 18.6. The van der Waals surface area contributed by atoms with Crippen LogP contribution in [0, 0.1) is 0 Å². The lowest BCUT2D eigenvalue weighted by atomic mass is 10.2. The van der Waals surface area contributed by atoms with Crippen molar-refractivity contribution in [1.82, 2.24) is 10.3 Å². The zero-order valence-corrected chi connectivity index (χ0v) is 14.5. The van der Waals surface area contributed by atoms with Gasteiger partial charge in [-0.3, -0.25) is 9.78 Å². The average molecular weight is 340 g/mol. The molecule has 0 unspecified atom stereocenters. The van der Waals surface area contributed by atoms with E-state index in [2.05, 4.69) is 26.6 Å². The maximum Gasteiger partial charge on any atom is 0.269 e. The van der Waals surface area contributed by atoms with E-state index in [1.54, 1.807) is 12.3 Å². The van der Waals surface area contributed by atoms with Gasteiger partial charge >= 0.3 is 0 Å². The average Bonchev–Trinajstić information content (AvgIpc) is 2.67. The van der Waals surface area contributed by atoms with Crippen LogP contribution in [0.4, 0.5) is 17.1 Å². The number of benzene rings is 1. The number of carbonyl (C=O) groups excluding carboxylic acids is 1. The first-order valence-corrected chi connectivity index (χ1v) is 8.71. The molecule has 0 atom stereocenters. The van der Waals surface area contributed by atoms with E-state index in [0.717, 1.165) is 49.8 Å². The number of anilines is 3. The van der Waals surface area contributed by atoms with E-state index in [-0.39, 0.29) is 5.91 Å². The van der Waals surface area contributed by atoms with E-state index >= 15 is 0 Å². The Morgan fingerprint density at radius 3 is 2.84 bits per heavy atom. The number of pyridine rings is 1. The first-order valence-electron chi connectivity index (χ1n) is 8.71. The molecule has 2 heterocycles. The van der Waals surface area contributed by atoms with Gasteiger partial charge in [0.15, 0.2) is 0 Å². The van der Waals surface area contributed by atoms with Crippen molar-refractivity contribution < 1.29 is 9.53 Å². The van der Waals surface area contributed by atoms with Gasteiger partial charge in [-0.15, -0.1) is 0 Å². The molecule has 0 spiro atoms. The Hall–Kier alpha value is -2.60. The van der Waals surface area contributed by atoms with Crippen molar-refractivity contribution in [3.8, 4) is 0 Å². The van der Waals surface area contributed by atoms with Crippen LogP contribution in [0.3, 0.4) is 0 Å². The molecule has 132 valence electrons. The Kier molecular flexibility index (Phi) is 5.85. The number of hydrogen-bond acceptors (Lipinski definition) is 5. The third kappa shape index (κ3) is 4.48. The second-order valence-corrected chi connectivity index (χ2v) is 5.93. The summed E-state index contributed by atoms with van der Waals surface area (Å²) in [6, 6.07) is 11.8. The topological polar surface area (TPSA) is 66.5 Å². The number of nitrogens with one attached hydrogen (secondary N) is 2. The number of nitrogens with zero attached hydrogens (tertiary/aromatic N) is 2. The number of rotatable bonds is 6. The van der Waals surface area contributed by atoms with Crippen molar-refractivity contribution in [1.29, 1.82) is 0 Å². The normalized spacial score (nSPS) is 14.2. The molecular formula is C19H24N4O2. The van der Waals surface area contributed by atoms with E-state index in [4.69, 9.17) is 4.74 Å². The largest absolute Gasteiger partial charge is 0.378 e. The summed E-state index contributed by atoms with van der Waals surface area (Å²) < 4.78 is 5.44. The summed E-state index contributed by atoms with van der Waals surface area (Å²) in [5.74, 6) is -0.146. The Labute approximate surface area is 148 Å². The number of hydrogen-bond donors (Lipinski definition) is 2. The maximum atomic E-state index is 12.1. The molecule has 1 aromatic carbocycles. The van der Waals surface area contributed by atoms with Gasteiger partial charge in [-0.25, -0.2) is 0 Å². The molecule has 0 saturated carbocycles. The third-order valence-corrected chi connectivity index (χ3v) is 4.06. The molecule has 1 saturated heterocycles. The standard InChI is InChI=1S/C19H24N4O2/c1-2-8-21-19(24)17-14-15(7-9-20-17)22-16-5-3-4-6-18(16)23-10-12-25-13-11-23/h3-7,9,14H,2,8,10-13H2,1H3,(H,20,22)(H,21,24). The first kappa shape index (κ1) is 17.2. The first-order chi connectivity index (χ1) is 12.3. The van der Waals surface area contributed by atoms with E-state index in [0.29, 0.717) is 12.2 Å². The van der Waals surface area contributed by atoms with Crippen LogP contribution in [0.15, 0.2) is 42.6 Å². The molecule has 2 aromatic rings. The lowest BCUT2D eigenvalue weighted by Gasteiger charge is -2.30. The van der Waals surface area contributed by atoms with Crippen LogP contribution in [0.5, 0.6) is 0 Å². The van der Waals surface area contributed by atoms with Crippen molar-refractivity contribution in [2.75, 3.05) is 43.1 Å². The minimum atomic E-state index is -0.146. The van der Waals surface area contributed by atoms with Gasteiger partial charge in [0.1, 0.15) is 5.69 Å². The predicted octanol–water partition coefficient (Wildman–Crippen LogP) is 2.80. The quantitative estimate of drug-likeness (QED) is 0.846. The van der Waals surface area contributed by atoms with Crippen LogP contribution in [0.25, 0.3) is 0 Å². The zero-order chi connectivity index (χ0) is 17.5. The van der Waals surface area contributed by atoms with Gasteiger partial charge in [0, 0.05) is 31.5 Å². The summed E-state index contributed by atoms with van der Waals surface area (Å²) in [6.07, 6.45) is 2.55. The van der Waals surface area contributed by atoms with Crippen LogP contribution in [-0.2, 0) is 4.74 Å². The van der Waals surface area contributed by atoms with Gasteiger partial charge in [0.25, 0.3) is 5.91 Å². The van der Waals surface area contributed by atoms with Gasteiger partial charge in [-0.1, -0.05) is 19.1 Å². The highest BCUT2D eigenvalue weighted by Gasteiger charge is 2.15. The highest BCUT2D eigenvalue weighted by atomic mass is 16.5. The summed E-state index contributed by atoms with van der Waals surface area (Å²) >= 11 is 0. The highest BCUT2D eigenvalue weighted by Crippen LogP contribution is 2.29. The lowest BCUT2D eigenvalue weighted by Crippen LogP contribution is -2.36. The molecule has 1 aliphatic rings. The van der Waals surface area contributed by atoms with Crippen molar-refractivity contribution in [3.05, 3.63) is 48.3 Å². The highest BCUT2D eigenvalue weighted by molar-refractivity contribution is 5.93. The van der Waals surface area contributed by atoms with E-state index in [1.807, 2.05) is 31.2 Å². The fraction of sp³-hybridized carbons (Fsp3) is 0.368. The SMILES string of the molecule is CCCNC(=O)c1cc(Nc2ccccc2N2CCOCC2)ccn1. The molecule has 0 aliphatic carbocycles. The molecule has 6 nitrogen and oxygen atoms in total. The van der Waals surface area contributed by atoms with Crippen LogP contribution < -0.4 is 15.5 Å². The fourth-order valence-electron chi connectivity index (χ4n) is 2.78. The predicted molar refractivity (Wildman–Crippen MR) is 99.6 cm³/mol. The zero-order valence-electron chi connectivity index (χ0n) is 14.5. The molecule has 1 fully saturated rings. The van der Waals surface area contributed by atoms with Crippen LogP contribution in [-0.4, -0.2) is 43.7 Å². The van der Waals surface area contributed by atoms with E-state index in [9.17, 15) is 4.79 Å². The summed E-state index contributed by atoms with van der Waals surface area (Å²) in [5.41, 5.74) is 3.41. The lowest BCUT2D eigenvalue weighted by molar-refractivity contribution is 0.0948. The molecule has 1 amide bonds. The Morgan fingerprint density at radius 1 is 1.24 bits per heavy atom. The summed E-state index contributed by atoms with van der Waals surface area (Å²) in [5, 5.41) is 6.27. The molecule has 0 bridgehead atoms. The Bertz CT molecular complexity index is 714. The van der Waals surface area contributed by atoms with Crippen LogP contribution >= 0.6 is 0 Å². The fourth-order valence-corrected chi connectivity index (χ4v) is 2.78. The number of aromatic nitrogens is 1. The van der Waals surface area contributed by atoms with Gasteiger partial charge < -0.3 is 20.3 Å². The molecule has 6 heteroatoms. The second-order valence-electron chi connectivity index (χ2n) is 5.93. The molecule has 1 aliphatic heterocycles. The second kappa shape index (κ2) is 8.48. The van der Waals surface area contributed by atoms with Crippen molar-refractivity contribution >= 4 is 23.0 Å². The summed E-state index contributed by atoms with van der Waals surface area (Å²) in [7, 11) is 0. The van der Waals surface area contributed by atoms with Crippen molar-refractivity contribution in [2.24, 2.45) is 0 Å². The minimum Gasteiger partial charge on any atom is -0.378 e. The number of amides is 1. The van der Waals surface area contributed by atoms with E-state index < -0.39 is 0 Å². The van der Waals surface area contributed by atoms with Crippen LogP contribution in [0.1, 0.15) is 23.8 Å². The Morgan fingerprint density at radius 2 is 2.04 bits per heavy atom. The van der Waals surface area contributed by atoms with E-state index in [1.165, 1.54) is 0 Å². The molecule has 25 heavy (non-hydrogen) atoms. The molecule has 2 N–H and O–H groups in total. The van der Waals surface area contributed by atoms with Gasteiger partial charge in [-0.05, 0) is 30.7 Å². The van der Waals surface area contributed by atoms with Gasteiger partial charge in [-0.2, -0.15) is 0 Å². The number of carbonyl (C=O) groups is 1. The summed E-state index contributed by atoms with van der Waals surface area (Å²) in [6.45, 7) is 5.91. The van der Waals surface area contributed by atoms with Crippen molar-refractivity contribution in [3.63, 3.8) is 0 Å². The minimum absolute atomic E-state index is 0.146. The third-order valence-electron chi connectivity index (χ3n) is 4.06.